The normalized spacial score (nSPS) is 13.4. The van der Waals surface area contributed by atoms with Crippen LogP contribution in [0.3, 0.4) is 0 Å². The van der Waals surface area contributed by atoms with Crippen LogP contribution in [-0.2, 0) is 20.3 Å². The molecule has 21 heavy (non-hydrogen) atoms. The smallest absolute Gasteiger partial charge is 0.314 e. The zero-order chi connectivity index (χ0) is 15.2. The van der Waals surface area contributed by atoms with Crippen molar-refractivity contribution in [1.29, 1.82) is 0 Å². The minimum absolute atomic E-state index is 0.0557. The van der Waals surface area contributed by atoms with E-state index in [1.165, 1.54) is 25.3 Å². The Hall–Kier alpha value is -2.01. The zero-order valence-electron chi connectivity index (χ0n) is 11.5. The molecule has 2 aromatic rings. The van der Waals surface area contributed by atoms with Crippen LogP contribution in [0.2, 0.25) is 0 Å². The van der Waals surface area contributed by atoms with Gasteiger partial charge >= 0.3 is 5.97 Å². The number of ether oxygens (including phenoxy) is 1. The molecule has 3 nitrogen and oxygen atoms in total. The van der Waals surface area contributed by atoms with Crippen molar-refractivity contribution in [2.75, 3.05) is 12.9 Å². The predicted molar refractivity (Wildman–Crippen MR) is 78.9 cm³/mol. The van der Waals surface area contributed by atoms with E-state index in [1.807, 2.05) is 6.07 Å². The van der Waals surface area contributed by atoms with Crippen LogP contribution in [0.5, 0.6) is 0 Å². The monoisotopic (exact) mass is 306 g/mol. The molecule has 2 rings (SSSR count). The summed E-state index contributed by atoms with van der Waals surface area (Å²) >= 11 is 0. The molecule has 0 radical (unpaired) electrons. The van der Waals surface area contributed by atoms with E-state index in [1.54, 1.807) is 30.3 Å². The van der Waals surface area contributed by atoms with Crippen LogP contribution in [0.4, 0.5) is 4.39 Å². The fourth-order valence-corrected chi connectivity index (χ4v) is 3.28. The first-order valence-corrected chi connectivity index (χ1v) is 7.70. The first kappa shape index (κ1) is 15.4. The van der Waals surface area contributed by atoms with Crippen molar-refractivity contribution in [1.82, 2.24) is 0 Å². The van der Waals surface area contributed by atoms with Gasteiger partial charge in [-0.1, -0.05) is 36.4 Å². The average Bonchev–Trinajstić information content (AvgIpc) is 2.52. The van der Waals surface area contributed by atoms with Crippen molar-refractivity contribution in [2.45, 2.75) is 10.8 Å². The number of rotatable bonds is 5. The number of hydrogen-bond acceptors (Lipinski definition) is 3. The summed E-state index contributed by atoms with van der Waals surface area (Å²) in [5, 5.41) is 0. The average molecular weight is 306 g/mol. The maximum Gasteiger partial charge on any atom is 0.314 e. The Morgan fingerprint density at radius 2 is 1.90 bits per heavy atom. The van der Waals surface area contributed by atoms with Crippen LogP contribution < -0.4 is 0 Å². The van der Waals surface area contributed by atoms with E-state index in [0.29, 0.717) is 4.90 Å². The highest BCUT2D eigenvalue weighted by Crippen LogP contribution is 2.21. The Kier molecular flexibility index (Phi) is 5.22. The largest absolute Gasteiger partial charge is 0.469 e. The maximum absolute atomic E-state index is 13.2. The molecule has 0 aliphatic carbocycles. The van der Waals surface area contributed by atoms with Crippen molar-refractivity contribution in [3.8, 4) is 0 Å². The highest BCUT2D eigenvalue weighted by atomic mass is 32.2. The number of methoxy groups -OCH3 is 1. The summed E-state index contributed by atoms with van der Waals surface area (Å²) in [5.41, 5.74) is 0.731. The fraction of sp³-hybridized carbons (Fsp3) is 0.188. The lowest BCUT2D eigenvalue weighted by atomic mass is 10.0. The minimum Gasteiger partial charge on any atom is -0.469 e. The first-order chi connectivity index (χ1) is 10.1. The van der Waals surface area contributed by atoms with Gasteiger partial charge in [0.2, 0.25) is 0 Å². The molecule has 0 saturated heterocycles. The highest BCUT2D eigenvalue weighted by Gasteiger charge is 2.24. The molecule has 0 N–H and O–H groups in total. The molecule has 0 aliphatic heterocycles. The van der Waals surface area contributed by atoms with Gasteiger partial charge in [0, 0.05) is 10.6 Å². The van der Waals surface area contributed by atoms with Crippen LogP contribution in [0.15, 0.2) is 59.5 Å². The van der Waals surface area contributed by atoms with E-state index in [-0.39, 0.29) is 5.75 Å². The van der Waals surface area contributed by atoms with Crippen molar-refractivity contribution in [3.05, 3.63) is 66.0 Å². The van der Waals surface area contributed by atoms with E-state index < -0.39 is 28.5 Å². The number of halogens is 1. The summed E-state index contributed by atoms with van der Waals surface area (Å²) in [7, 11) is -0.192. The van der Waals surface area contributed by atoms with Crippen molar-refractivity contribution < 1.29 is 18.1 Å². The SMILES string of the molecule is COC(=O)C(CS(=O)c1cccc(F)c1)c1ccccc1. The van der Waals surface area contributed by atoms with E-state index in [2.05, 4.69) is 0 Å². The Balaban J connectivity index is 2.23. The molecule has 2 atom stereocenters. The van der Waals surface area contributed by atoms with Crippen molar-refractivity contribution in [3.63, 3.8) is 0 Å². The second-order valence-electron chi connectivity index (χ2n) is 4.46. The second kappa shape index (κ2) is 7.13. The van der Waals surface area contributed by atoms with E-state index >= 15 is 0 Å². The van der Waals surface area contributed by atoms with Gasteiger partial charge in [-0.15, -0.1) is 0 Å². The fourth-order valence-electron chi connectivity index (χ4n) is 1.98. The third-order valence-electron chi connectivity index (χ3n) is 3.06. The molecule has 0 saturated carbocycles. The van der Waals surface area contributed by atoms with Crippen molar-refractivity contribution >= 4 is 16.8 Å². The minimum atomic E-state index is -1.49. The molecule has 2 unspecified atom stereocenters. The maximum atomic E-state index is 13.2. The Labute approximate surface area is 125 Å². The summed E-state index contributed by atoms with van der Waals surface area (Å²) in [6.07, 6.45) is 0. The van der Waals surface area contributed by atoms with Crippen LogP contribution in [0.25, 0.3) is 0 Å². The van der Waals surface area contributed by atoms with Gasteiger partial charge in [-0.25, -0.2) is 4.39 Å². The molecular weight excluding hydrogens is 291 g/mol. The van der Waals surface area contributed by atoms with Gasteiger partial charge in [0.05, 0.1) is 23.8 Å². The van der Waals surface area contributed by atoms with Gasteiger partial charge in [0.1, 0.15) is 5.82 Å². The Bertz CT molecular complexity index is 643. The first-order valence-electron chi connectivity index (χ1n) is 6.38. The van der Waals surface area contributed by atoms with Gasteiger partial charge in [0.15, 0.2) is 0 Å². The van der Waals surface area contributed by atoms with Gasteiger partial charge in [0.25, 0.3) is 0 Å². The molecular formula is C16H15FO3S. The molecule has 0 heterocycles. The van der Waals surface area contributed by atoms with Gasteiger partial charge in [-0.2, -0.15) is 0 Å². The zero-order valence-corrected chi connectivity index (χ0v) is 12.3. The summed E-state index contributed by atoms with van der Waals surface area (Å²) in [6.45, 7) is 0. The molecule has 0 spiro atoms. The molecule has 2 aromatic carbocycles. The van der Waals surface area contributed by atoms with Gasteiger partial charge in [-0.3, -0.25) is 9.00 Å². The van der Waals surface area contributed by atoms with Crippen LogP contribution in [0, 0.1) is 5.82 Å². The number of benzene rings is 2. The summed E-state index contributed by atoms with van der Waals surface area (Å²) in [6, 6.07) is 14.6. The standard InChI is InChI=1S/C16H15FO3S/c1-20-16(18)15(12-6-3-2-4-7-12)11-21(19)14-9-5-8-13(17)10-14/h2-10,15H,11H2,1H3. The lowest BCUT2D eigenvalue weighted by Gasteiger charge is -2.14. The van der Waals surface area contributed by atoms with E-state index in [4.69, 9.17) is 4.74 Å². The molecule has 0 aromatic heterocycles. The third-order valence-corrected chi connectivity index (χ3v) is 4.48. The third kappa shape index (κ3) is 3.98. The molecule has 110 valence electrons. The molecule has 0 bridgehead atoms. The highest BCUT2D eigenvalue weighted by molar-refractivity contribution is 7.85. The molecule has 0 fully saturated rings. The van der Waals surface area contributed by atoms with Gasteiger partial charge < -0.3 is 4.74 Å². The summed E-state index contributed by atoms with van der Waals surface area (Å²) < 4.78 is 30.3. The number of carbonyl (C=O) groups excluding carboxylic acids is 1. The summed E-state index contributed by atoms with van der Waals surface area (Å²) in [4.78, 5) is 12.3. The van der Waals surface area contributed by atoms with Gasteiger partial charge in [-0.05, 0) is 23.8 Å². The quantitative estimate of drug-likeness (QED) is 0.798. The van der Waals surface area contributed by atoms with E-state index in [0.717, 1.165) is 5.56 Å². The molecule has 0 aliphatic rings. The number of hydrogen-bond donors (Lipinski definition) is 0. The van der Waals surface area contributed by atoms with Crippen LogP contribution >= 0.6 is 0 Å². The molecule has 0 amide bonds. The van der Waals surface area contributed by atoms with Crippen LogP contribution in [-0.4, -0.2) is 23.0 Å². The second-order valence-corrected chi connectivity index (χ2v) is 5.95. The predicted octanol–water partition coefficient (Wildman–Crippen LogP) is 2.89. The van der Waals surface area contributed by atoms with E-state index in [9.17, 15) is 13.4 Å². The summed E-state index contributed by atoms with van der Waals surface area (Å²) in [5.74, 6) is -1.48. The number of esters is 1. The Morgan fingerprint density at radius 1 is 1.19 bits per heavy atom. The molecule has 5 heteroatoms. The van der Waals surface area contributed by atoms with Crippen LogP contribution in [0.1, 0.15) is 11.5 Å². The lowest BCUT2D eigenvalue weighted by Crippen LogP contribution is -2.20. The van der Waals surface area contributed by atoms with Crippen molar-refractivity contribution in [2.24, 2.45) is 0 Å². The Morgan fingerprint density at radius 3 is 2.52 bits per heavy atom. The number of carbonyl (C=O) groups is 1. The lowest BCUT2D eigenvalue weighted by molar-refractivity contribution is -0.141. The topological polar surface area (TPSA) is 43.4 Å².